The number of Topliss-reactive ketones (excluding diaryl/α,β-unsaturated/α-hetero) is 1. The van der Waals surface area contributed by atoms with Gasteiger partial charge in [-0.3, -0.25) is 19.6 Å². The van der Waals surface area contributed by atoms with Gasteiger partial charge in [-0.05, 0) is 54.5 Å². The van der Waals surface area contributed by atoms with Gasteiger partial charge in [0.15, 0.2) is 11.6 Å². The molecule has 4 aromatic rings. The molecule has 2 fully saturated rings. The van der Waals surface area contributed by atoms with E-state index in [1.807, 2.05) is 23.1 Å². The Morgan fingerprint density at radius 3 is 2.68 bits per heavy atom. The summed E-state index contributed by atoms with van der Waals surface area (Å²) in [5, 5.41) is 0. The third kappa shape index (κ3) is 5.15. The first-order chi connectivity index (χ1) is 18.4. The number of halogens is 2. The second kappa shape index (κ2) is 10.2. The molecule has 1 saturated heterocycles. The molecular weight excluding hydrogens is 508 g/mol. The van der Waals surface area contributed by atoms with Crippen LogP contribution in [0.2, 0.25) is 0 Å². The smallest absolute Gasteiger partial charge is 0.222 e. The van der Waals surface area contributed by atoms with E-state index in [4.69, 9.17) is 4.74 Å². The average Bonchev–Trinajstić information content (AvgIpc) is 3.46. The second-order valence-electron chi connectivity index (χ2n) is 9.92. The lowest BCUT2D eigenvalue weighted by molar-refractivity contribution is -0.128. The predicted molar refractivity (Wildman–Crippen MR) is 140 cm³/mol. The molecule has 0 radical (unpaired) electrons. The summed E-state index contributed by atoms with van der Waals surface area (Å²) < 4.78 is 36.1. The standard InChI is InChI=1S/C29H25F2N3O3S/c30-27-19(13-20(35)12-17-3-4-17)6-8-23(28(27)31)37-24-9-10-32-22-14-25(38-29(22)24)21-7-5-18(15-33-21)16-34-11-1-2-26(34)36/h5-10,14-15,17H,1-4,11-13,16H2. The van der Waals surface area contributed by atoms with Gasteiger partial charge in [0.1, 0.15) is 11.5 Å². The van der Waals surface area contributed by atoms with Gasteiger partial charge in [-0.15, -0.1) is 11.3 Å². The zero-order chi connectivity index (χ0) is 26.2. The van der Waals surface area contributed by atoms with E-state index in [2.05, 4.69) is 9.97 Å². The number of aromatic nitrogens is 2. The van der Waals surface area contributed by atoms with E-state index in [1.165, 1.54) is 23.5 Å². The Morgan fingerprint density at radius 1 is 1.08 bits per heavy atom. The Bertz CT molecular complexity index is 1530. The number of thiophene rings is 1. The summed E-state index contributed by atoms with van der Waals surface area (Å²) in [4.78, 5) is 35.7. The van der Waals surface area contributed by atoms with Crippen LogP contribution in [0.4, 0.5) is 8.78 Å². The fraction of sp³-hybridized carbons (Fsp3) is 0.310. The van der Waals surface area contributed by atoms with Crippen LogP contribution in [0.25, 0.3) is 20.8 Å². The lowest BCUT2D eigenvalue weighted by Gasteiger charge is -2.15. The van der Waals surface area contributed by atoms with Gasteiger partial charge in [0, 0.05) is 50.8 Å². The highest BCUT2D eigenvalue weighted by molar-refractivity contribution is 7.22. The molecule has 194 valence electrons. The Labute approximate surface area is 222 Å². The number of carbonyl (C=O) groups excluding carboxylic acids is 2. The lowest BCUT2D eigenvalue weighted by Crippen LogP contribution is -2.23. The summed E-state index contributed by atoms with van der Waals surface area (Å²) in [6.07, 6.45) is 7.18. The molecule has 0 N–H and O–H groups in total. The third-order valence-corrected chi connectivity index (χ3v) is 8.11. The number of nitrogens with zero attached hydrogens (tertiary/aromatic N) is 3. The number of hydrogen-bond donors (Lipinski definition) is 0. The van der Waals surface area contributed by atoms with Gasteiger partial charge in [0.2, 0.25) is 11.7 Å². The quantitative estimate of drug-likeness (QED) is 0.247. The molecule has 1 aliphatic heterocycles. The van der Waals surface area contributed by atoms with Gasteiger partial charge in [-0.2, -0.15) is 4.39 Å². The number of ether oxygens (including phenoxy) is 1. The summed E-state index contributed by atoms with van der Waals surface area (Å²) in [5.41, 5.74) is 2.40. The molecule has 1 amide bonds. The van der Waals surface area contributed by atoms with E-state index in [9.17, 15) is 18.4 Å². The van der Waals surface area contributed by atoms with Crippen molar-refractivity contribution in [2.75, 3.05) is 6.54 Å². The molecule has 4 heterocycles. The molecule has 0 unspecified atom stereocenters. The number of benzene rings is 1. The molecule has 0 spiro atoms. The second-order valence-corrected chi connectivity index (χ2v) is 11.0. The first kappa shape index (κ1) is 24.6. The minimum Gasteiger partial charge on any atom is -0.453 e. The van der Waals surface area contributed by atoms with Crippen molar-refractivity contribution < 1.29 is 23.1 Å². The van der Waals surface area contributed by atoms with Gasteiger partial charge < -0.3 is 9.64 Å². The van der Waals surface area contributed by atoms with Crippen LogP contribution in [-0.4, -0.2) is 33.1 Å². The van der Waals surface area contributed by atoms with E-state index in [-0.39, 0.29) is 29.4 Å². The largest absolute Gasteiger partial charge is 0.453 e. The number of rotatable bonds is 9. The molecule has 9 heteroatoms. The summed E-state index contributed by atoms with van der Waals surface area (Å²) in [7, 11) is 0. The summed E-state index contributed by atoms with van der Waals surface area (Å²) in [6.45, 7) is 1.32. The van der Waals surface area contributed by atoms with Gasteiger partial charge >= 0.3 is 0 Å². The van der Waals surface area contributed by atoms with Crippen molar-refractivity contribution in [2.24, 2.45) is 5.92 Å². The van der Waals surface area contributed by atoms with E-state index in [0.717, 1.165) is 41.9 Å². The maximum atomic E-state index is 14.9. The van der Waals surface area contributed by atoms with Gasteiger partial charge in [-0.1, -0.05) is 12.1 Å². The highest BCUT2D eigenvalue weighted by atomic mass is 32.1. The van der Waals surface area contributed by atoms with Crippen molar-refractivity contribution >= 4 is 33.2 Å². The molecule has 3 aromatic heterocycles. The van der Waals surface area contributed by atoms with Gasteiger partial charge in [0.05, 0.1) is 20.8 Å². The molecule has 38 heavy (non-hydrogen) atoms. The number of hydrogen-bond acceptors (Lipinski definition) is 6. The zero-order valence-electron chi connectivity index (χ0n) is 20.6. The molecule has 6 nitrogen and oxygen atoms in total. The molecule has 1 aromatic carbocycles. The first-order valence-corrected chi connectivity index (χ1v) is 13.5. The van der Waals surface area contributed by atoms with Crippen LogP contribution in [0.5, 0.6) is 11.5 Å². The van der Waals surface area contributed by atoms with Crippen molar-refractivity contribution in [1.82, 2.24) is 14.9 Å². The minimum absolute atomic E-state index is 0.0439. The van der Waals surface area contributed by atoms with Crippen LogP contribution < -0.4 is 4.74 Å². The molecule has 6 rings (SSSR count). The Balaban J connectivity index is 1.20. The molecule has 0 atom stereocenters. The van der Waals surface area contributed by atoms with Crippen LogP contribution in [-0.2, 0) is 22.6 Å². The van der Waals surface area contributed by atoms with E-state index < -0.39 is 11.6 Å². The minimum atomic E-state index is -1.11. The van der Waals surface area contributed by atoms with Crippen LogP contribution >= 0.6 is 11.3 Å². The molecular formula is C29H25F2N3O3S. The van der Waals surface area contributed by atoms with Crippen LogP contribution in [0, 0.1) is 17.6 Å². The Kier molecular flexibility index (Phi) is 6.61. The SMILES string of the molecule is O=C(Cc1ccc(Oc2ccnc3cc(-c4ccc(CN5CCCC5=O)cn4)sc23)c(F)c1F)CC1CC1. The number of carbonyl (C=O) groups is 2. The maximum absolute atomic E-state index is 14.9. The number of likely N-dealkylation sites (tertiary alicyclic amines) is 1. The van der Waals surface area contributed by atoms with Crippen molar-refractivity contribution in [2.45, 2.75) is 45.1 Å². The van der Waals surface area contributed by atoms with E-state index in [1.54, 1.807) is 18.5 Å². The average molecular weight is 534 g/mol. The fourth-order valence-electron chi connectivity index (χ4n) is 4.71. The summed E-state index contributed by atoms with van der Waals surface area (Å²) >= 11 is 1.39. The summed E-state index contributed by atoms with van der Waals surface area (Å²) in [6, 6.07) is 10.1. The van der Waals surface area contributed by atoms with Crippen molar-refractivity contribution in [3.8, 4) is 22.1 Å². The normalized spacial score (nSPS) is 15.4. The number of pyridine rings is 2. The van der Waals surface area contributed by atoms with E-state index in [0.29, 0.717) is 41.3 Å². The number of amides is 1. The molecule has 1 aliphatic carbocycles. The predicted octanol–water partition coefficient (Wildman–Crippen LogP) is 6.46. The number of fused-ring (bicyclic) bond motifs is 1. The molecule has 1 saturated carbocycles. The van der Waals surface area contributed by atoms with Crippen LogP contribution in [0.1, 0.15) is 43.2 Å². The number of ketones is 1. The van der Waals surface area contributed by atoms with Crippen molar-refractivity contribution in [3.05, 3.63) is 71.6 Å². The maximum Gasteiger partial charge on any atom is 0.222 e. The van der Waals surface area contributed by atoms with E-state index >= 15 is 0 Å². The van der Waals surface area contributed by atoms with Crippen LogP contribution in [0.15, 0.2) is 48.8 Å². The van der Waals surface area contributed by atoms with Crippen LogP contribution in [0.3, 0.4) is 0 Å². The zero-order valence-corrected chi connectivity index (χ0v) is 21.4. The van der Waals surface area contributed by atoms with Crippen molar-refractivity contribution in [1.29, 1.82) is 0 Å². The molecule has 2 aliphatic rings. The summed E-state index contributed by atoms with van der Waals surface area (Å²) in [5.74, 6) is -1.57. The first-order valence-electron chi connectivity index (χ1n) is 12.7. The molecule has 0 bridgehead atoms. The van der Waals surface area contributed by atoms with Gasteiger partial charge in [0.25, 0.3) is 0 Å². The topological polar surface area (TPSA) is 72.4 Å². The highest BCUT2D eigenvalue weighted by Crippen LogP contribution is 2.39. The monoisotopic (exact) mass is 533 g/mol. The Morgan fingerprint density at radius 2 is 1.95 bits per heavy atom. The fourth-order valence-corrected chi connectivity index (χ4v) is 5.75. The lowest BCUT2D eigenvalue weighted by atomic mass is 10.0. The van der Waals surface area contributed by atoms with Gasteiger partial charge in [-0.25, -0.2) is 4.39 Å². The third-order valence-electron chi connectivity index (χ3n) is 6.95. The Hall–Kier alpha value is -3.72. The van der Waals surface area contributed by atoms with Crippen molar-refractivity contribution in [3.63, 3.8) is 0 Å². The highest BCUT2D eigenvalue weighted by Gasteiger charge is 2.26.